The van der Waals surface area contributed by atoms with E-state index in [-0.39, 0.29) is 10.8 Å². The van der Waals surface area contributed by atoms with Crippen LogP contribution in [0.2, 0.25) is 5.02 Å². The second-order valence-corrected chi connectivity index (χ2v) is 8.65. The maximum Gasteiger partial charge on any atom is 0.377 e. The Labute approximate surface area is 195 Å². The van der Waals surface area contributed by atoms with E-state index in [2.05, 4.69) is 26.2 Å². The summed E-state index contributed by atoms with van der Waals surface area (Å²) in [5.41, 5.74) is 0.536. The summed E-state index contributed by atoms with van der Waals surface area (Å²) in [4.78, 5) is 26.8. The Kier molecular flexibility index (Phi) is 7.34. The lowest BCUT2D eigenvalue weighted by molar-refractivity contribution is -0.284. The number of benzene rings is 1. The predicted molar refractivity (Wildman–Crippen MR) is 114 cm³/mol. The molecule has 0 radical (unpaired) electrons. The number of carboxylic acid groups (broad SMARTS) is 1. The van der Waals surface area contributed by atoms with Crippen molar-refractivity contribution in [2.75, 3.05) is 6.61 Å². The molecule has 1 saturated heterocycles. The number of hydrogen-bond donors (Lipinski definition) is 7. The van der Waals surface area contributed by atoms with Gasteiger partial charge in [0, 0.05) is 17.6 Å². The van der Waals surface area contributed by atoms with Crippen molar-refractivity contribution in [2.24, 2.45) is 0 Å². The van der Waals surface area contributed by atoms with Gasteiger partial charge in [-0.05, 0) is 28.1 Å². The lowest BCUT2D eigenvalue weighted by Gasteiger charge is -2.46. The highest BCUT2D eigenvalue weighted by Crippen LogP contribution is 2.41. The number of aliphatic hydroxyl groups is 4. The third-order valence-electron chi connectivity index (χ3n) is 5.16. The van der Waals surface area contributed by atoms with Gasteiger partial charge in [-0.25, -0.2) is 4.79 Å². The number of halogens is 2. The Balaban J connectivity index is 2.05. The zero-order valence-corrected chi connectivity index (χ0v) is 19.0. The van der Waals surface area contributed by atoms with Crippen LogP contribution in [0.15, 0.2) is 22.8 Å². The summed E-state index contributed by atoms with van der Waals surface area (Å²) in [7, 11) is 0. The van der Waals surface area contributed by atoms with Crippen LogP contribution >= 0.6 is 27.5 Å². The van der Waals surface area contributed by atoms with E-state index in [0.29, 0.717) is 15.4 Å². The van der Waals surface area contributed by atoms with Gasteiger partial charge in [-0.3, -0.25) is 4.79 Å². The minimum Gasteiger partial charge on any atom is -0.476 e. The van der Waals surface area contributed by atoms with E-state index in [9.17, 15) is 35.1 Å². The largest absolute Gasteiger partial charge is 0.476 e. The van der Waals surface area contributed by atoms with E-state index in [1.807, 2.05) is 0 Å². The molecular formula is C19H22BrClN2O9. The van der Waals surface area contributed by atoms with Crippen molar-refractivity contribution in [3.63, 3.8) is 0 Å². The lowest BCUT2D eigenvalue weighted by atomic mass is 9.88. The van der Waals surface area contributed by atoms with Crippen molar-refractivity contribution in [3.05, 3.63) is 27.8 Å². The summed E-state index contributed by atoms with van der Waals surface area (Å²) in [6.45, 7) is 0.275. The molecule has 0 aliphatic carbocycles. The number of aliphatic carboxylic acids is 1. The lowest BCUT2D eigenvalue weighted by Crippen LogP contribution is -2.68. The van der Waals surface area contributed by atoms with Crippen LogP contribution in [0.5, 0.6) is 5.75 Å². The van der Waals surface area contributed by atoms with Gasteiger partial charge in [-0.2, -0.15) is 0 Å². The fourth-order valence-electron chi connectivity index (χ4n) is 3.62. The molecule has 6 atom stereocenters. The van der Waals surface area contributed by atoms with Crippen LogP contribution in [0.25, 0.3) is 10.9 Å². The van der Waals surface area contributed by atoms with Gasteiger partial charge in [0.2, 0.25) is 5.91 Å². The molecule has 1 aliphatic rings. The second-order valence-electron chi connectivity index (χ2n) is 7.42. The third kappa shape index (κ3) is 4.57. The van der Waals surface area contributed by atoms with E-state index in [0.717, 1.165) is 6.92 Å². The number of aromatic nitrogens is 1. The van der Waals surface area contributed by atoms with Crippen molar-refractivity contribution in [1.29, 1.82) is 0 Å². The van der Waals surface area contributed by atoms with Crippen molar-refractivity contribution in [2.45, 2.75) is 49.6 Å². The third-order valence-corrected chi connectivity index (χ3v) is 6.44. The van der Waals surface area contributed by atoms with Crippen LogP contribution in [0, 0.1) is 0 Å². The van der Waals surface area contributed by atoms with Crippen LogP contribution in [0.4, 0.5) is 0 Å². The fraction of sp³-hybridized carbons (Fsp3) is 0.474. The molecule has 1 fully saturated rings. The molecule has 1 aromatic heterocycles. The normalized spacial score (nSPS) is 27.7. The molecule has 0 saturated carbocycles. The SMILES string of the molecule is CC(=O)NC1[C@H](C(O)[C@H](O)CO)O[C@@](Oc2c[nH]c3ccc(Br)c(Cl)c23)(C(=O)O)C[C@@H]1O. The van der Waals surface area contributed by atoms with Gasteiger partial charge in [-0.15, -0.1) is 0 Å². The molecule has 1 aliphatic heterocycles. The molecule has 3 rings (SSSR count). The number of carboxylic acids is 1. The number of rotatable bonds is 7. The molecule has 2 aromatic rings. The molecule has 176 valence electrons. The summed E-state index contributed by atoms with van der Waals surface area (Å²) in [5, 5.41) is 53.2. The number of H-pyrrole nitrogens is 1. The maximum atomic E-state index is 12.3. The molecule has 32 heavy (non-hydrogen) atoms. The Morgan fingerprint density at radius 2 is 2.12 bits per heavy atom. The van der Waals surface area contributed by atoms with Crippen molar-refractivity contribution in [1.82, 2.24) is 10.3 Å². The summed E-state index contributed by atoms with van der Waals surface area (Å²) < 4.78 is 11.9. The number of aliphatic hydroxyl groups excluding tert-OH is 4. The molecule has 2 unspecified atom stereocenters. The smallest absolute Gasteiger partial charge is 0.377 e. The van der Waals surface area contributed by atoms with Gasteiger partial charge < -0.3 is 45.3 Å². The van der Waals surface area contributed by atoms with Crippen LogP contribution in [0.1, 0.15) is 13.3 Å². The molecule has 0 spiro atoms. The van der Waals surface area contributed by atoms with Gasteiger partial charge >= 0.3 is 11.8 Å². The Bertz CT molecular complexity index is 1020. The van der Waals surface area contributed by atoms with Crippen LogP contribution < -0.4 is 10.1 Å². The zero-order chi connectivity index (χ0) is 23.8. The second kappa shape index (κ2) is 9.51. The minimum absolute atomic E-state index is 0.00479. The van der Waals surface area contributed by atoms with Gasteiger partial charge in [0.1, 0.15) is 18.3 Å². The number of carbonyl (C=O) groups excluding carboxylic acids is 1. The van der Waals surface area contributed by atoms with Crippen molar-refractivity contribution in [3.8, 4) is 5.75 Å². The topological polar surface area (TPSA) is 182 Å². The van der Waals surface area contributed by atoms with E-state index in [1.165, 1.54) is 6.20 Å². The number of aromatic amines is 1. The highest BCUT2D eigenvalue weighted by molar-refractivity contribution is 9.10. The molecule has 7 N–H and O–H groups in total. The molecule has 2 heterocycles. The number of hydrogen-bond acceptors (Lipinski definition) is 8. The first-order chi connectivity index (χ1) is 15.0. The van der Waals surface area contributed by atoms with E-state index < -0.39 is 61.1 Å². The monoisotopic (exact) mass is 536 g/mol. The summed E-state index contributed by atoms with van der Waals surface area (Å²) >= 11 is 9.61. The van der Waals surface area contributed by atoms with Gasteiger partial charge in [-0.1, -0.05) is 11.6 Å². The average molecular weight is 538 g/mol. The molecule has 0 bridgehead atoms. The first-order valence-corrected chi connectivity index (χ1v) is 10.6. The van der Waals surface area contributed by atoms with E-state index in [4.69, 9.17) is 21.1 Å². The van der Waals surface area contributed by atoms with Gasteiger partial charge in [0.25, 0.3) is 0 Å². The van der Waals surface area contributed by atoms with Gasteiger partial charge in [0.15, 0.2) is 5.75 Å². The molecular weight excluding hydrogens is 516 g/mol. The number of amides is 1. The standard InChI is InChI=1S/C19H22BrClN2O9/c1-7(25)23-15-10(26)4-19(18(29)30,32-17(15)16(28)11(27)6-24)31-12-5-22-9-3-2-8(20)14(21)13(9)12/h2-3,5,10-11,15-17,22,24,26-28H,4,6H2,1H3,(H,23,25)(H,29,30)/t10-,11+,15?,16?,17+,19+/m0/s1. The number of ether oxygens (including phenoxy) is 2. The minimum atomic E-state index is -2.52. The summed E-state index contributed by atoms with van der Waals surface area (Å²) in [6.07, 6.45) is -6.09. The highest BCUT2D eigenvalue weighted by Gasteiger charge is 2.57. The van der Waals surface area contributed by atoms with E-state index >= 15 is 0 Å². The van der Waals surface area contributed by atoms with E-state index in [1.54, 1.807) is 12.1 Å². The summed E-state index contributed by atoms with van der Waals surface area (Å²) in [6, 6.07) is 2.07. The van der Waals surface area contributed by atoms with Gasteiger partial charge in [0.05, 0.1) is 41.1 Å². The quantitative estimate of drug-likeness (QED) is 0.258. The first kappa shape index (κ1) is 24.7. The highest BCUT2D eigenvalue weighted by atomic mass is 79.9. The molecule has 1 aromatic carbocycles. The zero-order valence-electron chi connectivity index (χ0n) is 16.7. The number of fused-ring (bicyclic) bond motifs is 1. The maximum absolute atomic E-state index is 12.3. The first-order valence-electron chi connectivity index (χ1n) is 9.48. The Morgan fingerprint density at radius 3 is 2.72 bits per heavy atom. The fourth-order valence-corrected chi connectivity index (χ4v) is 4.21. The molecule has 11 nitrogen and oxygen atoms in total. The number of carbonyl (C=O) groups is 2. The van der Waals surface area contributed by atoms with Crippen LogP contribution in [0.3, 0.4) is 0 Å². The Morgan fingerprint density at radius 1 is 1.44 bits per heavy atom. The predicted octanol–water partition coefficient (Wildman–Crippen LogP) is 0.112. The average Bonchev–Trinajstić information content (AvgIpc) is 3.14. The van der Waals surface area contributed by atoms with Crippen LogP contribution in [-0.2, 0) is 14.3 Å². The molecule has 1 amide bonds. The van der Waals surface area contributed by atoms with Crippen molar-refractivity contribution >= 4 is 50.3 Å². The Hall–Kier alpha value is -1.93. The van der Waals surface area contributed by atoms with Crippen molar-refractivity contribution < 1.29 is 44.6 Å². The number of nitrogens with one attached hydrogen (secondary N) is 2. The van der Waals surface area contributed by atoms with Crippen LogP contribution in [-0.4, -0.2) is 85.2 Å². The molecule has 13 heteroatoms. The summed E-state index contributed by atoms with van der Waals surface area (Å²) in [5.74, 6) is -4.75.